The highest BCUT2D eigenvalue weighted by Gasteiger charge is 2.14. The van der Waals surface area contributed by atoms with Gasteiger partial charge in [0.05, 0.1) is 13.2 Å². The third kappa shape index (κ3) is 5.08. The summed E-state index contributed by atoms with van der Waals surface area (Å²) < 4.78 is 5.39. The van der Waals surface area contributed by atoms with Gasteiger partial charge in [-0.15, -0.1) is 0 Å². The predicted octanol–water partition coefficient (Wildman–Crippen LogP) is 2.20. The zero-order valence-corrected chi connectivity index (χ0v) is 17.1. The first kappa shape index (κ1) is 19.7. The molecule has 29 heavy (non-hydrogen) atoms. The van der Waals surface area contributed by atoms with Crippen LogP contribution in [0.2, 0.25) is 0 Å². The van der Waals surface area contributed by atoms with Crippen molar-refractivity contribution in [3.8, 4) is 0 Å². The number of amides is 1. The summed E-state index contributed by atoms with van der Waals surface area (Å²) in [5.41, 5.74) is 4.20. The Balaban J connectivity index is 1.29. The molecule has 0 unspecified atom stereocenters. The second kappa shape index (κ2) is 9.29. The van der Waals surface area contributed by atoms with Crippen LogP contribution in [-0.4, -0.2) is 70.3 Å². The van der Waals surface area contributed by atoms with Crippen molar-refractivity contribution in [2.75, 3.05) is 69.3 Å². The zero-order chi connectivity index (χ0) is 20.1. The number of benzene rings is 2. The molecule has 2 aliphatic rings. The maximum absolute atomic E-state index is 12.5. The van der Waals surface area contributed by atoms with Crippen molar-refractivity contribution in [1.29, 1.82) is 0 Å². The van der Waals surface area contributed by atoms with Crippen molar-refractivity contribution in [1.82, 2.24) is 10.2 Å². The number of rotatable bonds is 5. The molecule has 1 N–H and O–H groups in total. The lowest BCUT2D eigenvalue weighted by Crippen LogP contribution is -2.44. The quantitative estimate of drug-likeness (QED) is 0.843. The van der Waals surface area contributed by atoms with E-state index in [1.807, 2.05) is 24.3 Å². The Bertz CT molecular complexity index is 793. The number of ether oxygens (including phenoxy) is 1. The SMILES string of the molecule is CN1CCN(c2ccc(CNC(=O)c3ccc(N4CCOCC4)cc3)cc2)CC1. The number of piperazine rings is 1. The molecule has 2 aromatic carbocycles. The third-order valence-corrected chi connectivity index (χ3v) is 5.76. The molecule has 0 bridgehead atoms. The summed E-state index contributed by atoms with van der Waals surface area (Å²) in [5, 5.41) is 3.03. The van der Waals surface area contributed by atoms with E-state index in [9.17, 15) is 4.79 Å². The van der Waals surface area contributed by atoms with Gasteiger partial charge in [0.2, 0.25) is 0 Å². The largest absolute Gasteiger partial charge is 0.378 e. The molecule has 6 heteroatoms. The summed E-state index contributed by atoms with van der Waals surface area (Å²) in [5.74, 6) is -0.0401. The molecule has 2 saturated heterocycles. The van der Waals surface area contributed by atoms with Gasteiger partial charge in [0.25, 0.3) is 5.91 Å². The first-order valence-corrected chi connectivity index (χ1v) is 10.4. The smallest absolute Gasteiger partial charge is 0.251 e. The highest BCUT2D eigenvalue weighted by atomic mass is 16.5. The van der Waals surface area contributed by atoms with Crippen molar-refractivity contribution in [2.24, 2.45) is 0 Å². The number of likely N-dealkylation sites (N-methyl/N-ethyl adjacent to an activating group) is 1. The van der Waals surface area contributed by atoms with Gasteiger partial charge < -0.3 is 24.8 Å². The number of nitrogens with zero attached hydrogens (tertiary/aromatic N) is 3. The number of morpholine rings is 1. The molecule has 2 aromatic rings. The van der Waals surface area contributed by atoms with Gasteiger partial charge >= 0.3 is 0 Å². The van der Waals surface area contributed by atoms with E-state index in [1.165, 1.54) is 5.69 Å². The first-order valence-electron chi connectivity index (χ1n) is 10.4. The van der Waals surface area contributed by atoms with Crippen molar-refractivity contribution >= 4 is 17.3 Å². The van der Waals surface area contributed by atoms with E-state index in [2.05, 4.69) is 51.3 Å². The topological polar surface area (TPSA) is 48.0 Å². The molecule has 6 nitrogen and oxygen atoms in total. The Hall–Kier alpha value is -2.57. The lowest BCUT2D eigenvalue weighted by molar-refractivity contribution is 0.0951. The molecule has 0 atom stereocenters. The third-order valence-electron chi connectivity index (χ3n) is 5.76. The average Bonchev–Trinajstić information content (AvgIpc) is 2.79. The van der Waals surface area contributed by atoms with Gasteiger partial charge in [-0.25, -0.2) is 0 Å². The lowest BCUT2D eigenvalue weighted by Gasteiger charge is -2.34. The molecular formula is C23H30N4O2. The number of hydrogen-bond acceptors (Lipinski definition) is 5. The Morgan fingerprint density at radius 2 is 1.38 bits per heavy atom. The molecule has 0 radical (unpaired) electrons. The first-order chi connectivity index (χ1) is 14.2. The van der Waals surface area contributed by atoms with Crippen LogP contribution in [0, 0.1) is 0 Å². The minimum Gasteiger partial charge on any atom is -0.378 e. The monoisotopic (exact) mass is 394 g/mol. The lowest BCUT2D eigenvalue weighted by atomic mass is 10.1. The second-order valence-corrected chi connectivity index (χ2v) is 7.79. The Morgan fingerprint density at radius 1 is 0.828 bits per heavy atom. The van der Waals surface area contributed by atoms with Crippen molar-refractivity contribution < 1.29 is 9.53 Å². The summed E-state index contributed by atoms with van der Waals surface area (Å²) in [6.45, 7) is 8.18. The van der Waals surface area contributed by atoms with E-state index in [-0.39, 0.29) is 5.91 Å². The Kier molecular flexibility index (Phi) is 6.32. The van der Waals surface area contributed by atoms with Crippen molar-refractivity contribution in [2.45, 2.75) is 6.54 Å². The molecular weight excluding hydrogens is 364 g/mol. The minimum atomic E-state index is -0.0401. The van der Waals surface area contributed by atoms with Crippen LogP contribution in [0.5, 0.6) is 0 Å². The Labute approximate surface area is 173 Å². The fraction of sp³-hybridized carbons (Fsp3) is 0.435. The fourth-order valence-corrected chi connectivity index (χ4v) is 3.82. The number of carbonyl (C=O) groups is 1. The standard InChI is InChI=1S/C23H30N4O2/c1-25-10-12-26(13-11-25)21-6-2-19(3-7-21)18-24-23(28)20-4-8-22(9-5-20)27-14-16-29-17-15-27/h2-9H,10-18H2,1H3,(H,24,28). The van der Waals surface area contributed by atoms with E-state index < -0.39 is 0 Å². The van der Waals surface area contributed by atoms with Crippen LogP contribution in [0.4, 0.5) is 11.4 Å². The van der Waals surface area contributed by atoms with Crippen LogP contribution in [0.15, 0.2) is 48.5 Å². The number of hydrogen-bond donors (Lipinski definition) is 1. The summed E-state index contributed by atoms with van der Waals surface area (Å²) in [6, 6.07) is 16.4. The number of carbonyl (C=O) groups excluding carboxylic acids is 1. The second-order valence-electron chi connectivity index (χ2n) is 7.79. The van der Waals surface area contributed by atoms with Crippen LogP contribution in [0.1, 0.15) is 15.9 Å². The van der Waals surface area contributed by atoms with E-state index in [4.69, 9.17) is 4.74 Å². The normalized spacial score (nSPS) is 18.0. The van der Waals surface area contributed by atoms with Crippen LogP contribution < -0.4 is 15.1 Å². The van der Waals surface area contributed by atoms with Crippen LogP contribution >= 0.6 is 0 Å². The molecule has 2 aliphatic heterocycles. The molecule has 0 aliphatic carbocycles. The zero-order valence-electron chi connectivity index (χ0n) is 17.1. The summed E-state index contributed by atoms with van der Waals surface area (Å²) >= 11 is 0. The highest BCUT2D eigenvalue weighted by Crippen LogP contribution is 2.18. The van der Waals surface area contributed by atoms with Crippen LogP contribution in [0.3, 0.4) is 0 Å². The molecule has 4 rings (SSSR count). The van der Waals surface area contributed by atoms with Crippen LogP contribution in [0.25, 0.3) is 0 Å². The van der Waals surface area contributed by atoms with Crippen molar-refractivity contribution in [3.63, 3.8) is 0 Å². The predicted molar refractivity (Wildman–Crippen MR) is 117 cm³/mol. The molecule has 2 heterocycles. The summed E-state index contributed by atoms with van der Waals surface area (Å²) in [7, 11) is 2.17. The molecule has 0 saturated carbocycles. The van der Waals surface area contributed by atoms with Gasteiger partial charge in [-0.2, -0.15) is 0 Å². The Morgan fingerprint density at radius 3 is 2.00 bits per heavy atom. The number of nitrogens with one attached hydrogen (secondary N) is 1. The van der Waals surface area contributed by atoms with Gasteiger partial charge in [-0.05, 0) is 49.0 Å². The molecule has 1 amide bonds. The van der Waals surface area contributed by atoms with E-state index >= 15 is 0 Å². The van der Waals surface area contributed by atoms with Gasteiger partial charge in [-0.1, -0.05) is 12.1 Å². The number of anilines is 2. The van der Waals surface area contributed by atoms with Crippen molar-refractivity contribution in [3.05, 3.63) is 59.7 Å². The maximum atomic E-state index is 12.5. The summed E-state index contributed by atoms with van der Waals surface area (Å²) in [6.07, 6.45) is 0. The van der Waals surface area contributed by atoms with Gasteiger partial charge in [0, 0.05) is 62.8 Å². The van der Waals surface area contributed by atoms with Gasteiger partial charge in [-0.3, -0.25) is 4.79 Å². The van der Waals surface area contributed by atoms with E-state index in [0.29, 0.717) is 12.1 Å². The average molecular weight is 395 g/mol. The van der Waals surface area contributed by atoms with E-state index in [0.717, 1.165) is 63.7 Å². The van der Waals surface area contributed by atoms with Gasteiger partial charge in [0.1, 0.15) is 0 Å². The van der Waals surface area contributed by atoms with Crippen LogP contribution in [-0.2, 0) is 11.3 Å². The fourth-order valence-electron chi connectivity index (χ4n) is 3.82. The minimum absolute atomic E-state index is 0.0401. The highest BCUT2D eigenvalue weighted by molar-refractivity contribution is 5.94. The molecule has 0 spiro atoms. The van der Waals surface area contributed by atoms with E-state index in [1.54, 1.807) is 0 Å². The molecule has 2 fully saturated rings. The maximum Gasteiger partial charge on any atom is 0.251 e. The molecule has 154 valence electrons. The molecule has 0 aromatic heterocycles. The summed E-state index contributed by atoms with van der Waals surface area (Å²) in [4.78, 5) is 19.5. The van der Waals surface area contributed by atoms with Gasteiger partial charge in [0.15, 0.2) is 0 Å².